The van der Waals surface area contributed by atoms with Gasteiger partial charge in [0.2, 0.25) is 5.43 Å². The second-order valence-corrected chi connectivity index (χ2v) is 7.75. The third-order valence-electron chi connectivity index (χ3n) is 5.41. The second kappa shape index (κ2) is 7.35. The van der Waals surface area contributed by atoms with Crippen molar-refractivity contribution in [1.29, 1.82) is 0 Å². The van der Waals surface area contributed by atoms with Crippen molar-refractivity contribution in [2.45, 2.75) is 6.54 Å². The number of piperazine rings is 1. The van der Waals surface area contributed by atoms with Crippen LogP contribution < -0.4 is 15.2 Å². The van der Waals surface area contributed by atoms with Crippen LogP contribution in [0.1, 0.15) is 5.56 Å². The summed E-state index contributed by atoms with van der Waals surface area (Å²) < 4.78 is 5.87. The molecule has 0 radical (unpaired) electrons. The molecule has 4 rings (SSSR count). The topological polar surface area (TPSA) is 59.3 Å². The minimum Gasteiger partial charge on any atom is -0.507 e. The van der Waals surface area contributed by atoms with Crippen LogP contribution in [-0.4, -0.2) is 38.3 Å². The molecule has 0 amide bonds. The van der Waals surface area contributed by atoms with Crippen LogP contribution in [0.15, 0.2) is 51.9 Å². The van der Waals surface area contributed by atoms with E-state index in [4.69, 9.17) is 16.0 Å². The predicted molar refractivity (Wildman–Crippen MR) is 106 cm³/mol. The van der Waals surface area contributed by atoms with Crippen LogP contribution in [0, 0.1) is 0 Å². The molecule has 2 aromatic carbocycles. The van der Waals surface area contributed by atoms with Gasteiger partial charge in [0.1, 0.15) is 50.3 Å². The van der Waals surface area contributed by atoms with Crippen LogP contribution >= 0.6 is 11.6 Å². The molecule has 0 saturated carbocycles. The number of halogens is 1. The van der Waals surface area contributed by atoms with Crippen LogP contribution in [0.3, 0.4) is 0 Å². The third-order valence-corrected chi connectivity index (χ3v) is 5.66. The molecular formula is C21H23ClN2O3+2. The number of aromatic hydroxyl groups is 1. The molecule has 0 aliphatic carbocycles. The Hall–Kier alpha value is -2.34. The van der Waals surface area contributed by atoms with E-state index < -0.39 is 0 Å². The Morgan fingerprint density at radius 1 is 1.07 bits per heavy atom. The zero-order chi connectivity index (χ0) is 19.0. The molecule has 1 aliphatic heterocycles. The Morgan fingerprint density at radius 2 is 1.78 bits per heavy atom. The maximum absolute atomic E-state index is 13.0. The first-order valence-electron chi connectivity index (χ1n) is 9.20. The summed E-state index contributed by atoms with van der Waals surface area (Å²) in [6, 6.07) is 10.4. The zero-order valence-corrected chi connectivity index (χ0v) is 16.0. The molecule has 1 fully saturated rings. The van der Waals surface area contributed by atoms with E-state index in [0.29, 0.717) is 33.7 Å². The van der Waals surface area contributed by atoms with Gasteiger partial charge in [0.15, 0.2) is 0 Å². The van der Waals surface area contributed by atoms with Crippen LogP contribution in [-0.2, 0) is 6.54 Å². The summed E-state index contributed by atoms with van der Waals surface area (Å²) in [7, 11) is 2.20. The second-order valence-electron chi connectivity index (χ2n) is 7.31. The number of benzene rings is 2. The summed E-state index contributed by atoms with van der Waals surface area (Å²) in [4.78, 5) is 16.0. The molecule has 0 unspecified atom stereocenters. The maximum atomic E-state index is 13.0. The number of rotatable bonds is 3. The van der Waals surface area contributed by atoms with Gasteiger partial charge in [-0.05, 0) is 29.8 Å². The number of hydrogen-bond donors (Lipinski definition) is 3. The molecule has 0 bridgehead atoms. The van der Waals surface area contributed by atoms with E-state index in [1.54, 1.807) is 36.4 Å². The normalized spacial score (nSPS) is 20.1. The molecule has 0 atom stereocenters. The first kappa shape index (κ1) is 18.0. The SMILES string of the molecule is C[NH+]1CC[NH+](Cc2c(O)ccc3c(=O)c(-c4ccc(Cl)cc4)coc23)CC1. The molecule has 1 aromatic heterocycles. The van der Waals surface area contributed by atoms with E-state index in [1.165, 1.54) is 16.1 Å². The quantitative estimate of drug-likeness (QED) is 0.622. The van der Waals surface area contributed by atoms with Crippen molar-refractivity contribution >= 4 is 22.6 Å². The van der Waals surface area contributed by atoms with Crippen molar-refractivity contribution < 1.29 is 19.3 Å². The number of phenolic OH excluding ortho intramolecular Hbond substituents is 1. The lowest BCUT2D eigenvalue weighted by atomic mass is 10.0. The van der Waals surface area contributed by atoms with E-state index in [-0.39, 0.29) is 11.2 Å². The van der Waals surface area contributed by atoms with E-state index in [9.17, 15) is 9.90 Å². The van der Waals surface area contributed by atoms with E-state index in [1.807, 2.05) is 0 Å². The molecule has 3 N–H and O–H groups in total. The molecule has 3 aromatic rings. The highest BCUT2D eigenvalue weighted by Gasteiger charge is 2.24. The van der Waals surface area contributed by atoms with E-state index in [0.717, 1.165) is 31.7 Å². The Bertz CT molecular complexity index is 1020. The lowest BCUT2D eigenvalue weighted by Gasteiger charge is -2.27. The summed E-state index contributed by atoms with van der Waals surface area (Å²) in [5, 5.41) is 11.5. The van der Waals surface area contributed by atoms with Crippen LogP contribution in [0.25, 0.3) is 22.1 Å². The Kier molecular flexibility index (Phi) is 4.91. The van der Waals surface area contributed by atoms with Gasteiger partial charge in [-0.15, -0.1) is 0 Å². The number of nitrogens with one attached hydrogen (secondary N) is 2. The van der Waals surface area contributed by atoms with Gasteiger partial charge in [0.25, 0.3) is 0 Å². The molecule has 1 aliphatic rings. The fraction of sp³-hybridized carbons (Fsp3) is 0.286. The minimum absolute atomic E-state index is 0.0994. The van der Waals surface area contributed by atoms with Gasteiger partial charge >= 0.3 is 0 Å². The van der Waals surface area contributed by atoms with Gasteiger partial charge < -0.3 is 19.3 Å². The zero-order valence-electron chi connectivity index (χ0n) is 15.2. The average Bonchev–Trinajstić information content (AvgIpc) is 2.67. The molecular weight excluding hydrogens is 364 g/mol. The van der Waals surface area contributed by atoms with Crippen molar-refractivity contribution in [3.63, 3.8) is 0 Å². The van der Waals surface area contributed by atoms with Gasteiger partial charge in [0.05, 0.1) is 23.6 Å². The number of likely N-dealkylation sites (N-methyl/N-ethyl adjacent to an activating group) is 1. The summed E-state index contributed by atoms with van der Waals surface area (Å²) >= 11 is 5.94. The number of fused-ring (bicyclic) bond motifs is 1. The molecule has 2 heterocycles. The predicted octanol–water partition coefficient (Wildman–Crippen LogP) is 0.732. The fourth-order valence-electron chi connectivity index (χ4n) is 3.70. The highest BCUT2D eigenvalue weighted by Crippen LogP contribution is 2.27. The standard InChI is InChI=1S/C21H21ClN2O3/c1-23-8-10-24(11-9-23)12-17-19(25)7-6-16-20(26)18(13-27-21(16)17)14-2-4-15(22)5-3-14/h2-7,13,25H,8-12H2,1H3/p+2. The van der Waals surface area contributed by atoms with Gasteiger partial charge in [-0.1, -0.05) is 23.7 Å². The first-order valence-corrected chi connectivity index (χ1v) is 9.58. The lowest BCUT2D eigenvalue weighted by molar-refractivity contribution is -1.01. The fourth-order valence-corrected chi connectivity index (χ4v) is 3.83. The summed E-state index contributed by atoms with van der Waals surface area (Å²) in [5.74, 6) is 0.184. The third kappa shape index (κ3) is 3.58. The Balaban J connectivity index is 1.75. The van der Waals surface area contributed by atoms with Gasteiger partial charge in [0, 0.05) is 5.02 Å². The van der Waals surface area contributed by atoms with Gasteiger partial charge in [-0.2, -0.15) is 0 Å². The maximum Gasteiger partial charge on any atom is 0.200 e. The summed E-state index contributed by atoms with van der Waals surface area (Å²) in [5.41, 5.74) is 2.35. The molecule has 0 spiro atoms. The van der Waals surface area contributed by atoms with E-state index >= 15 is 0 Å². The van der Waals surface area contributed by atoms with Gasteiger partial charge in [-0.25, -0.2) is 0 Å². The largest absolute Gasteiger partial charge is 0.507 e. The Morgan fingerprint density at radius 3 is 2.48 bits per heavy atom. The smallest absolute Gasteiger partial charge is 0.200 e. The van der Waals surface area contributed by atoms with Crippen LogP contribution in [0.4, 0.5) is 0 Å². The highest BCUT2D eigenvalue weighted by atomic mass is 35.5. The Labute approximate surface area is 162 Å². The van der Waals surface area contributed by atoms with E-state index in [2.05, 4.69) is 7.05 Å². The van der Waals surface area contributed by atoms with Crippen LogP contribution in [0.5, 0.6) is 5.75 Å². The number of quaternary nitrogens is 2. The molecule has 140 valence electrons. The summed E-state index contributed by atoms with van der Waals surface area (Å²) in [6.07, 6.45) is 1.49. The highest BCUT2D eigenvalue weighted by molar-refractivity contribution is 6.30. The molecule has 1 saturated heterocycles. The molecule has 6 heteroatoms. The van der Waals surface area contributed by atoms with Gasteiger partial charge in [-0.3, -0.25) is 4.79 Å². The van der Waals surface area contributed by atoms with Crippen molar-refractivity contribution in [3.8, 4) is 16.9 Å². The average molecular weight is 387 g/mol. The van der Waals surface area contributed by atoms with Crippen molar-refractivity contribution in [3.05, 3.63) is 63.5 Å². The number of hydrogen-bond acceptors (Lipinski definition) is 3. The van der Waals surface area contributed by atoms with Crippen molar-refractivity contribution in [1.82, 2.24) is 0 Å². The lowest BCUT2D eigenvalue weighted by Crippen LogP contribution is -3.26. The van der Waals surface area contributed by atoms with Crippen LogP contribution in [0.2, 0.25) is 5.02 Å². The van der Waals surface area contributed by atoms with Crippen molar-refractivity contribution in [2.75, 3.05) is 33.2 Å². The monoisotopic (exact) mass is 386 g/mol. The summed E-state index contributed by atoms with van der Waals surface area (Å²) in [6.45, 7) is 4.93. The molecule has 5 nitrogen and oxygen atoms in total. The molecule has 27 heavy (non-hydrogen) atoms. The van der Waals surface area contributed by atoms with Crippen molar-refractivity contribution in [2.24, 2.45) is 0 Å². The first-order chi connectivity index (χ1) is 13.0. The number of phenols is 1. The minimum atomic E-state index is -0.0994.